The van der Waals surface area contributed by atoms with Crippen molar-refractivity contribution in [1.82, 2.24) is 0 Å². The summed E-state index contributed by atoms with van der Waals surface area (Å²) in [7, 11) is -1.52. The molecule has 3 N–H and O–H groups in total. The molecule has 19 heavy (non-hydrogen) atoms. The van der Waals surface area contributed by atoms with Crippen LogP contribution >= 0.6 is 0 Å². The average Bonchev–Trinajstić information content (AvgIpc) is 2.19. The summed E-state index contributed by atoms with van der Waals surface area (Å²) in [6.45, 7) is 8.88. The van der Waals surface area contributed by atoms with Gasteiger partial charge in [-0.2, -0.15) is 0 Å². The molecule has 6 heteroatoms. The molecule has 0 aliphatic heterocycles. The van der Waals surface area contributed by atoms with Crippen molar-refractivity contribution < 1.29 is 19.6 Å². The minimum atomic E-state index is -1.52. The number of anilines is 1. The molecule has 1 rings (SSSR count). The predicted octanol–water partition coefficient (Wildman–Crippen LogP) is 1.33. The maximum Gasteiger partial charge on any atom is 0.488 e. The van der Waals surface area contributed by atoms with Gasteiger partial charge in [-0.05, 0) is 57.3 Å². The Hall–Kier alpha value is -1.53. The van der Waals surface area contributed by atoms with E-state index in [1.54, 1.807) is 46.8 Å². The van der Waals surface area contributed by atoms with E-state index >= 15 is 0 Å². The lowest BCUT2D eigenvalue weighted by atomic mass is 9.76. The second kappa shape index (κ2) is 5.63. The fraction of sp³-hybridized carbons (Fsp3) is 0.462. The molecule has 104 valence electrons. The summed E-state index contributed by atoms with van der Waals surface area (Å²) in [4.78, 5) is 11.7. The van der Waals surface area contributed by atoms with Crippen molar-refractivity contribution >= 4 is 24.4 Å². The van der Waals surface area contributed by atoms with Gasteiger partial charge in [0.05, 0.1) is 0 Å². The zero-order chi connectivity index (χ0) is 14.8. The number of nitrogens with one attached hydrogen (secondary N) is 1. The molecule has 0 saturated carbocycles. The van der Waals surface area contributed by atoms with Gasteiger partial charge in [0, 0.05) is 5.69 Å². The van der Waals surface area contributed by atoms with Gasteiger partial charge in [0.15, 0.2) is 0 Å². The Bertz CT molecular complexity index is 480. The fourth-order valence-electron chi connectivity index (χ4n) is 1.66. The highest BCUT2D eigenvalue weighted by Crippen LogP contribution is 2.17. The number of amides is 1. The van der Waals surface area contributed by atoms with Gasteiger partial charge in [0.1, 0.15) is 5.60 Å². The molecule has 0 atom stereocenters. The van der Waals surface area contributed by atoms with Crippen LogP contribution in [0.4, 0.5) is 10.5 Å². The van der Waals surface area contributed by atoms with Crippen LogP contribution in [-0.4, -0.2) is 28.9 Å². The van der Waals surface area contributed by atoms with Crippen LogP contribution in [0.25, 0.3) is 0 Å². The van der Waals surface area contributed by atoms with E-state index in [-0.39, 0.29) is 0 Å². The Kier molecular flexibility index (Phi) is 4.60. The van der Waals surface area contributed by atoms with E-state index in [0.717, 1.165) is 5.56 Å². The maximum absolute atomic E-state index is 11.7. The molecular formula is C13H20BNO4. The van der Waals surface area contributed by atoms with E-state index in [0.29, 0.717) is 16.7 Å². The Labute approximate surface area is 113 Å². The molecule has 0 bridgehead atoms. The number of aryl methyl sites for hydroxylation is 2. The van der Waals surface area contributed by atoms with E-state index in [4.69, 9.17) is 4.74 Å². The highest BCUT2D eigenvalue weighted by atomic mass is 16.6. The van der Waals surface area contributed by atoms with Crippen LogP contribution in [0.2, 0.25) is 0 Å². The molecule has 5 nitrogen and oxygen atoms in total. The summed E-state index contributed by atoms with van der Waals surface area (Å²) in [5.74, 6) is 0. The topological polar surface area (TPSA) is 78.8 Å². The fourth-order valence-corrected chi connectivity index (χ4v) is 1.66. The Morgan fingerprint density at radius 1 is 1.21 bits per heavy atom. The van der Waals surface area contributed by atoms with Gasteiger partial charge < -0.3 is 14.8 Å². The summed E-state index contributed by atoms with van der Waals surface area (Å²) < 4.78 is 5.17. The van der Waals surface area contributed by atoms with Crippen molar-refractivity contribution in [2.45, 2.75) is 40.2 Å². The molecule has 0 aliphatic rings. The van der Waals surface area contributed by atoms with E-state index in [2.05, 4.69) is 5.32 Å². The third-order valence-corrected chi connectivity index (χ3v) is 2.53. The summed E-state index contributed by atoms with van der Waals surface area (Å²) in [5.41, 5.74) is 1.88. The molecule has 0 saturated heterocycles. The third kappa shape index (κ3) is 4.57. The number of hydrogen-bond donors (Lipinski definition) is 3. The van der Waals surface area contributed by atoms with Gasteiger partial charge in [0.25, 0.3) is 0 Å². The minimum Gasteiger partial charge on any atom is -0.444 e. The zero-order valence-corrected chi connectivity index (χ0v) is 11.9. The van der Waals surface area contributed by atoms with Crippen LogP contribution < -0.4 is 10.8 Å². The summed E-state index contributed by atoms with van der Waals surface area (Å²) in [6.07, 6.45) is -0.535. The van der Waals surface area contributed by atoms with Crippen molar-refractivity contribution in [3.05, 3.63) is 23.3 Å². The van der Waals surface area contributed by atoms with E-state index in [9.17, 15) is 14.8 Å². The van der Waals surface area contributed by atoms with Gasteiger partial charge >= 0.3 is 13.2 Å². The third-order valence-electron chi connectivity index (χ3n) is 2.53. The zero-order valence-electron chi connectivity index (χ0n) is 11.9. The summed E-state index contributed by atoms with van der Waals surface area (Å²) >= 11 is 0. The van der Waals surface area contributed by atoms with Gasteiger partial charge in [-0.15, -0.1) is 0 Å². The first-order chi connectivity index (χ1) is 8.60. The van der Waals surface area contributed by atoms with Crippen molar-refractivity contribution in [3.63, 3.8) is 0 Å². The Balaban J connectivity index is 2.91. The minimum absolute atomic E-state index is 0.423. The van der Waals surface area contributed by atoms with E-state index in [1.807, 2.05) is 0 Å². The standard InChI is InChI=1S/C13H20BNO4/c1-8-7-11(9(2)6-10(8)14(17)18)15-12(16)19-13(3,4)5/h6-7,17-18H,1-5H3,(H,15,16). The largest absolute Gasteiger partial charge is 0.488 e. The molecule has 0 radical (unpaired) electrons. The number of carbonyl (C=O) groups is 1. The van der Waals surface area contributed by atoms with E-state index in [1.165, 1.54) is 0 Å². The molecule has 1 amide bonds. The first kappa shape index (κ1) is 15.5. The lowest BCUT2D eigenvalue weighted by molar-refractivity contribution is 0.0636. The molecule has 0 unspecified atom stereocenters. The first-order valence-electron chi connectivity index (χ1n) is 6.07. The van der Waals surface area contributed by atoms with Crippen LogP contribution in [0.3, 0.4) is 0 Å². The van der Waals surface area contributed by atoms with Crippen LogP contribution in [0.1, 0.15) is 31.9 Å². The van der Waals surface area contributed by atoms with Crippen LogP contribution in [0.15, 0.2) is 12.1 Å². The normalized spacial score (nSPS) is 11.1. The average molecular weight is 265 g/mol. The second-order valence-electron chi connectivity index (χ2n) is 5.52. The van der Waals surface area contributed by atoms with Crippen molar-refractivity contribution in [2.24, 2.45) is 0 Å². The summed E-state index contributed by atoms with van der Waals surface area (Å²) in [5, 5.41) is 21.0. The summed E-state index contributed by atoms with van der Waals surface area (Å²) in [6, 6.07) is 3.32. The SMILES string of the molecule is Cc1cc(B(O)O)c(C)cc1NC(=O)OC(C)(C)C. The number of rotatable bonds is 2. The van der Waals surface area contributed by atoms with Crippen molar-refractivity contribution in [1.29, 1.82) is 0 Å². The van der Waals surface area contributed by atoms with Gasteiger partial charge in [-0.1, -0.05) is 6.07 Å². The van der Waals surface area contributed by atoms with Crippen LogP contribution in [0.5, 0.6) is 0 Å². The number of hydrogen-bond acceptors (Lipinski definition) is 4. The molecule has 0 heterocycles. The lowest BCUT2D eigenvalue weighted by Crippen LogP contribution is -2.33. The monoisotopic (exact) mass is 265 g/mol. The highest BCUT2D eigenvalue weighted by Gasteiger charge is 2.19. The molecule has 0 spiro atoms. The van der Waals surface area contributed by atoms with E-state index < -0.39 is 18.8 Å². The Morgan fingerprint density at radius 2 is 1.79 bits per heavy atom. The van der Waals surface area contributed by atoms with Gasteiger partial charge in [-0.3, -0.25) is 5.32 Å². The molecule has 0 aliphatic carbocycles. The number of carbonyl (C=O) groups excluding carboxylic acids is 1. The first-order valence-corrected chi connectivity index (χ1v) is 6.07. The molecule has 0 aromatic heterocycles. The predicted molar refractivity (Wildman–Crippen MR) is 75.6 cm³/mol. The highest BCUT2D eigenvalue weighted by molar-refractivity contribution is 6.59. The van der Waals surface area contributed by atoms with Gasteiger partial charge in [-0.25, -0.2) is 4.79 Å². The van der Waals surface area contributed by atoms with Crippen molar-refractivity contribution in [2.75, 3.05) is 5.32 Å². The number of ether oxygens (including phenoxy) is 1. The maximum atomic E-state index is 11.7. The number of benzene rings is 1. The second-order valence-corrected chi connectivity index (χ2v) is 5.52. The molecule has 1 aromatic rings. The van der Waals surface area contributed by atoms with Crippen LogP contribution in [-0.2, 0) is 4.74 Å². The quantitative estimate of drug-likeness (QED) is 0.705. The molecule has 0 fully saturated rings. The molecule has 1 aromatic carbocycles. The lowest BCUT2D eigenvalue weighted by Gasteiger charge is -2.20. The van der Waals surface area contributed by atoms with Crippen molar-refractivity contribution in [3.8, 4) is 0 Å². The van der Waals surface area contributed by atoms with Crippen LogP contribution in [0, 0.1) is 13.8 Å². The Morgan fingerprint density at radius 3 is 2.26 bits per heavy atom. The smallest absolute Gasteiger partial charge is 0.444 e. The van der Waals surface area contributed by atoms with Gasteiger partial charge in [0.2, 0.25) is 0 Å². The molecular weight excluding hydrogens is 245 g/mol.